The molecule has 180 valence electrons. The van der Waals surface area contributed by atoms with Crippen molar-refractivity contribution in [3.8, 4) is 0 Å². The van der Waals surface area contributed by atoms with Crippen molar-refractivity contribution in [1.82, 2.24) is 0 Å². The maximum atomic E-state index is 11.8. The topological polar surface area (TPSA) is 130 Å². The van der Waals surface area contributed by atoms with Gasteiger partial charge in [0.25, 0.3) is 0 Å². The number of ether oxygens (including phenoxy) is 2. The predicted octanol–water partition coefficient (Wildman–Crippen LogP) is 4.84. The van der Waals surface area contributed by atoms with Crippen molar-refractivity contribution in [2.45, 2.75) is 27.7 Å². The monoisotopic (exact) mass is 470 g/mol. The van der Waals surface area contributed by atoms with E-state index in [1.807, 2.05) is 0 Å². The molecule has 0 saturated carbocycles. The van der Waals surface area contributed by atoms with E-state index >= 15 is 0 Å². The maximum absolute atomic E-state index is 11.8. The van der Waals surface area contributed by atoms with Gasteiger partial charge in [-0.15, -0.1) is 0 Å². The summed E-state index contributed by atoms with van der Waals surface area (Å²) in [5.41, 5.74) is 1.15. The van der Waals surface area contributed by atoms with Crippen LogP contribution in [0.1, 0.15) is 48.4 Å². The van der Waals surface area contributed by atoms with Gasteiger partial charge in [-0.1, -0.05) is 71.0 Å². The van der Waals surface area contributed by atoms with Crippen LogP contribution >= 0.6 is 0 Å². The Morgan fingerprint density at radius 1 is 0.618 bits per heavy atom. The SMILES string of the molecule is CCOC(=O)ON=C(C)C(=O)c1ccccc1.CCOC(=O)ON=C(C)C(=O)c1ccccc1. The molecule has 0 aromatic heterocycles. The van der Waals surface area contributed by atoms with Crippen molar-refractivity contribution in [3.63, 3.8) is 0 Å². The first kappa shape index (κ1) is 27.7. The summed E-state index contributed by atoms with van der Waals surface area (Å²) in [5, 5.41) is 6.82. The van der Waals surface area contributed by atoms with Gasteiger partial charge < -0.3 is 9.47 Å². The van der Waals surface area contributed by atoms with Crippen LogP contribution < -0.4 is 0 Å². The first-order valence-electron chi connectivity index (χ1n) is 10.3. The number of oxime groups is 2. The Morgan fingerprint density at radius 3 is 1.24 bits per heavy atom. The molecule has 10 nitrogen and oxygen atoms in total. The molecule has 0 unspecified atom stereocenters. The van der Waals surface area contributed by atoms with Crippen LogP contribution in [0.3, 0.4) is 0 Å². The third kappa shape index (κ3) is 10.3. The number of hydrogen-bond donors (Lipinski definition) is 0. The molecular formula is C24H26N2O8. The molecule has 34 heavy (non-hydrogen) atoms. The lowest BCUT2D eigenvalue weighted by Crippen LogP contribution is -2.12. The summed E-state index contributed by atoms with van der Waals surface area (Å²) in [6, 6.07) is 17.2. The van der Waals surface area contributed by atoms with Gasteiger partial charge >= 0.3 is 12.3 Å². The van der Waals surface area contributed by atoms with Crippen LogP contribution in [0, 0.1) is 0 Å². The number of Topliss-reactive ketones (excluding diaryl/α,β-unsaturated/α-hetero) is 2. The van der Waals surface area contributed by atoms with E-state index in [2.05, 4.69) is 29.5 Å². The average molecular weight is 470 g/mol. The summed E-state index contributed by atoms with van der Waals surface area (Å²) in [7, 11) is 0. The minimum absolute atomic E-state index is 0.0873. The van der Waals surface area contributed by atoms with Crippen molar-refractivity contribution in [2.75, 3.05) is 13.2 Å². The molecule has 0 spiro atoms. The summed E-state index contributed by atoms with van der Waals surface area (Å²) < 4.78 is 9.00. The van der Waals surface area contributed by atoms with Gasteiger partial charge in [0.15, 0.2) is 0 Å². The molecule has 0 radical (unpaired) electrons. The molecule has 2 aromatic carbocycles. The van der Waals surface area contributed by atoms with Crippen LogP contribution in [0.4, 0.5) is 9.59 Å². The van der Waals surface area contributed by atoms with E-state index in [-0.39, 0.29) is 36.2 Å². The van der Waals surface area contributed by atoms with Gasteiger partial charge in [-0.2, -0.15) is 0 Å². The van der Waals surface area contributed by atoms with E-state index in [9.17, 15) is 19.2 Å². The highest BCUT2D eigenvalue weighted by Gasteiger charge is 2.12. The van der Waals surface area contributed by atoms with Crippen LogP contribution in [0.15, 0.2) is 71.0 Å². The van der Waals surface area contributed by atoms with Gasteiger partial charge in [-0.25, -0.2) is 9.59 Å². The highest BCUT2D eigenvalue weighted by molar-refractivity contribution is 6.45. The minimum atomic E-state index is -0.923. The van der Waals surface area contributed by atoms with Crippen LogP contribution in [0.2, 0.25) is 0 Å². The van der Waals surface area contributed by atoms with Gasteiger partial charge in [0.1, 0.15) is 11.4 Å². The first-order chi connectivity index (χ1) is 16.3. The molecule has 10 heteroatoms. The van der Waals surface area contributed by atoms with E-state index < -0.39 is 12.3 Å². The molecule has 0 N–H and O–H groups in total. The van der Waals surface area contributed by atoms with Crippen LogP contribution in [-0.2, 0) is 19.1 Å². The number of carbonyl (C=O) groups excluding carboxylic acids is 4. The smallest absolute Gasteiger partial charge is 0.433 e. The molecule has 2 rings (SSSR count). The molecule has 0 amide bonds. The zero-order chi connectivity index (χ0) is 25.3. The molecule has 0 saturated heterocycles. The zero-order valence-corrected chi connectivity index (χ0v) is 19.3. The largest absolute Gasteiger partial charge is 0.535 e. The highest BCUT2D eigenvalue weighted by Crippen LogP contribution is 2.03. The number of nitrogens with zero attached hydrogens (tertiary/aromatic N) is 2. The van der Waals surface area contributed by atoms with Crippen molar-refractivity contribution < 1.29 is 38.3 Å². The molecular weight excluding hydrogens is 444 g/mol. The van der Waals surface area contributed by atoms with Crippen molar-refractivity contribution >= 4 is 35.3 Å². The Labute approximate surface area is 197 Å². The van der Waals surface area contributed by atoms with Crippen LogP contribution in [0.25, 0.3) is 0 Å². The normalized spacial score (nSPS) is 10.8. The molecule has 0 bridgehead atoms. The Balaban J connectivity index is 0.000000340. The molecule has 0 aliphatic rings. The number of carbonyl (C=O) groups is 4. The summed E-state index contributed by atoms with van der Waals surface area (Å²) in [6.45, 7) is 6.61. The second-order valence-electron chi connectivity index (χ2n) is 6.29. The van der Waals surface area contributed by atoms with Gasteiger partial charge in [0.2, 0.25) is 11.6 Å². The number of ketones is 2. The van der Waals surface area contributed by atoms with Crippen molar-refractivity contribution in [3.05, 3.63) is 71.8 Å². The fourth-order valence-corrected chi connectivity index (χ4v) is 2.18. The second kappa shape index (κ2) is 15.5. The van der Waals surface area contributed by atoms with Gasteiger partial charge in [-0.05, 0) is 27.7 Å². The molecule has 0 heterocycles. The lowest BCUT2D eigenvalue weighted by molar-refractivity contribution is 0.0599. The van der Waals surface area contributed by atoms with E-state index in [0.29, 0.717) is 11.1 Å². The lowest BCUT2D eigenvalue weighted by Gasteiger charge is -2.00. The fraction of sp³-hybridized carbons (Fsp3) is 0.250. The summed E-state index contributed by atoms with van der Waals surface area (Å²) >= 11 is 0. The van der Waals surface area contributed by atoms with Gasteiger partial charge in [0, 0.05) is 11.1 Å². The number of benzene rings is 2. The fourth-order valence-electron chi connectivity index (χ4n) is 2.18. The van der Waals surface area contributed by atoms with E-state index in [0.717, 1.165) is 0 Å². The molecule has 0 atom stereocenters. The van der Waals surface area contributed by atoms with Gasteiger partial charge in [0.05, 0.1) is 13.2 Å². The van der Waals surface area contributed by atoms with E-state index in [1.165, 1.54) is 13.8 Å². The third-order valence-corrected chi connectivity index (χ3v) is 3.77. The van der Waals surface area contributed by atoms with Crippen molar-refractivity contribution in [2.24, 2.45) is 10.3 Å². The summed E-state index contributed by atoms with van der Waals surface area (Å²) in [5.74, 6) is -0.593. The Kier molecular flexibility index (Phi) is 12.6. The Bertz CT molecular complexity index is 934. The standard InChI is InChI=1S/2C12H13NO4/c2*1-3-16-12(15)17-13-9(2)11(14)10-7-5-4-6-8-10/h2*4-8H,3H2,1-2H3. The van der Waals surface area contributed by atoms with Crippen LogP contribution in [-0.4, -0.2) is 48.5 Å². The molecule has 0 fully saturated rings. The van der Waals surface area contributed by atoms with E-state index in [1.54, 1.807) is 74.5 Å². The van der Waals surface area contributed by atoms with Gasteiger partial charge in [-0.3, -0.25) is 19.3 Å². The van der Waals surface area contributed by atoms with Crippen LogP contribution in [0.5, 0.6) is 0 Å². The number of rotatable bonds is 8. The minimum Gasteiger partial charge on any atom is -0.433 e. The quantitative estimate of drug-likeness (QED) is 0.176. The Morgan fingerprint density at radius 2 is 0.941 bits per heavy atom. The summed E-state index contributed by atoms with van der Waals surface area (Å²) in [4.78, 5) is 54.0. The first-order valence-corrected chi connectivity index (χ1v) is 10.3. The second-order valence-corrected chi connectivity index (χ2v) is 6.29. The van der Waals surface area contributed by atoms with Crippen molar-refractivity contribution in [1.29, 1.82) is 0 Å². The summed E-state index contributed by atoms with van der Waals surface area (Å²) in [6.07, 6.45) is -1.85. The molecule has 0 aliphatic carbocycles. The molecule has 0 aliphatic heterocycles. The zero-order valence-electron chi connectivity index (χ0n) is 19.3. The average Bonchev–Trinajstić information content (AvgIpc) is 2.86. The Hall–Kier alpha value is -4.34. The molecule has 2 aromatic rings. The predicted molar refractivity (Wildman–Crippen MR) is 124 cm³/mol. The lowest BCUT2D eigenvalue weighted by atomic mass is 10.1. The number of hydrogen-bond acceptors (Lipinski definition) is 10. The highest BCUT2D eigenvalue weighted by atomic mass is 16.8. The third-order valence-electron chi connectivity index (χ3n) is 3.77. The maximum Gasteiger partial charge on any atom is 0.535 e. The van der Waals surface area contributed by atoms with E-state index in [4.69, 9.17) is 0 Å².